The van der Waals surface area contributed by atoms with Crippen LogP contribution in [0.4, 0.5) is 0 Å². The van der Waals surface area contributed by atoms with Crippen molar-refractivity contribution in [3.63, 3.8) is 0 Å². The molecule has 0 aliphatic heterocycles. The van der Waals surface area contributed by atoms with E-state index in [1.54, 1.807) is 0 Å². The first kappa shape index (κ1) is 24.5. The van der Waals surface area contributed by atoms with E-state index in [-0.39, 0.29) is 19.8 Å². The van der Waals surface area contributed by atoms with Crippen LogP contribution in [0.5, 0.6) is 5.75 Å². The van der Waals surface area contributed by atoms with E-state index in [2.05, 4.69) is 97.2 Å². The van der Waals surface area contributed by atoms with Gasteiger partial charge in [-0.25, -0.2) is 0 Å². The minimum absolute atomic E-state index is 0. The van der Waals surface area contributed by atoms with Crippen molar-refractivity contribution in [2.45, 2.75) is 20.8 Å². The molecule has 3 aromatic rings. The summed E-state index contributed by atoms with van der Waals surface area (Å²) in [6, 6.07) is 29.7. The van der Waals surface area contributed by atoms with Gasteiger partial charge in [-0.3, -0.25) is 0 Å². The molecule has 0 aliphatic carbocycles. The van der Waals surface area contributed by atoms with Crippen LogP contribution < -0.4 is 10.1 Å². The lowest BCUT2D eigenvalue weighted by molar-refractivity contribution is 0.318. The average molecular weight is 410 g/mol. The number of likely N-dealkylation sites (N-methyl/N-ethyl adjacent to an activating group) is 1. The third-order valence-electron chi connectivity index (χ3n) is 4.60. The Morgan fingerprint density at radius 3 is 1.79 bits per heavy atom. The smallest absolute Gasteiger partial charge is 0.119 e. The van der Waals surface area contributed by atoms with E-state index in [9.17, 15) is 0 Å². The molecule has 0 saturated heterocycles. The van der Waals surface area contributed by atoms with Gasteiger partial charge in [0.1, 0.15) is 12.4 Å². The third-order valence-corrected chi connectivity index (χ3v) is 4.60. The number of allylic oxidation sites excluding steroid dienone is 1. The summed E-state index contributed by atoms with van der Waals surface area (Å²) in [6.07, 6.45) is 0.967. The number of hydrogen-bond donors (Lipinski definition) is 1. The maximum atomic E-state index is 5.78. The largest absolute Gasteiger partial charge is 0.492 e. The molecule has 29 heavy (non-hydrogen) atoms. The Bertz CT molecular complexity index is 858. The molecular weight excluding hydrogens is 378 g/mol. The first-order chi connectivity index (χ1) is 13.3. The topological polar surface area (TPSA) is 21.3 Å². The van der Waals surface area contributed by atoms with Crippen LogP contribution in [0.25, 0.3) is 11.1 Å². The zero-order chi connectivity index (χ0) is 18.9. The van der Waals surface area contributed by atoms with Gasteiger partial charge in [0.2, 0.25) is 0 Å². The average Bonchev–Trinajstić information content (AvgIpc) is 2.74. The SMILES string of the molecule is C.CC/C(=C(\c1ccccc1)c1ccc(OCCNC)cc1)c1ccccc1.Cl. The fourth-order valence-corrected chi connectivity index (χ4v) is 3.27. The lowest BCUT2D eigenvalue weighted by atomic mass is 9.88. The highest BCUT2D eigenvalue weighted by molar-refractivity contribution is 5.98. The molecular formula is C26H32ClNO. The lowest BCUT2D eigenvalue weighted by Crippen LogP contribution is -2.15. The number of halogens is 1. The number of rotatable bonds is 8. The van der Waals surface area contributed by atoms with E-state index >= 15 is 0 Å². The van der Waals surface area contributed by atoms with Gasteiger partial charge >= 0.3 is 0 Å². The highest BCUT2D eigenvalue weighted by Gasteiger charge is 2.12. The Morgan fingerprint density at radius 2 is 1.28 bits per heavy atom. The first-order valence-corrected chi connectivity index (χ1v) is 9.55. The quantitative estimate of drug-likeness (QED) is 0.329. The minimum atomic E-state index is 0. The van der Waals surface area contributed by atoms with Crippen LogP contribution in [0, 0.1) is 0 Å². The zero-order valence-corrected chi connectivity index (χ0v) is 17.3. The van der Waals surface area contributed by atoms with Crippen molar-refractivity contribution in [3.05, 3.63) is 102 Å². The fraction of sp³-hybridized carbons (Fsp3) is 0.231. The number of ether oxygens (including phenoxy) is 1. The van der Waals surface area contributed by atoms with Gasteiger partial charge < -0.3 is 10.1 Å². The van der Waals surface area contributed by atoms with Gasteiger partial charge in [0.25, 0.3) is 0 Å². The van der Waals surface area contributed by atoms with Gasteiger partial charge in [-0.15, -0.1) is 12.4 Å². The maximum absolute atomic E-state index is 5.78. The van der Waals surface area contributed by atoms with Crippen LogP contribution in [0.3, 0.4) is 0 Å². The predicted octanol–water partition coefficient (Wildman–Crippen LogP) is 6.71. The molecule has 0 unspecified atom stereocenters. The highest BCUT2D eigenvalue weighted by atomic mass is 35.5. The maximum Gasteiger partial charge on any atom is 0.119 e. The van der Waals surface area contributed by atoms with Crippen molar-refractivity contribution in [3.8, 4) is 5.75 Å². The van der Waals surface area contributed by atoms with Gasteiger partial charge in [0.15, 0.2) is 0 Å². The molecule has 0 fully saturated rings. The molecule has 154 valence electrons. The van der Waals surface area contributed by atoms with E-state index in [1.807, 2.05) is 7.05 Å². The first-order valence-electron chi connectivity index (χ1n) is 9.55. The van der Waals surface area contributed by atoms with Crippen LogP contribution in [0.2, 0.25) is 0 Å². The second kappa shape index (κ2) is 12.8. The minimum Gasteiger partial charge on any atom is -0.492 e. The normalized spacial score (nSPS) is 11.0. The van der Waals surface area contributed by atoms with Crippen LogP contribution >= 0.6 is 12.4 Å². The van der Waals surface area contributed by atoms with Crippen LogP contribution in [-0.2, 0) is 0 Å². The van der Waals surface area contributed by atoms with Gasteiger partial charge in [0.05, 0.1) is 0 Å². The fourth-order valence-electron chi connectivity index (χ4n) is 3.27. The van der Waals surface area contributed by atoms with Crippen molar-refractivity contribution >= 4 is 23.6 Å². The molecule has 0 aliphatic rings. The predicted molar refractivity (Wildman–Crippen MR) is 129 cm³/mol. The summed E-state index contributed by atoms with van der Waals surface area (Å²) >= 11 is 0. The molecule has 0 atom stereocenters. The molecule has 0 amide bonds. The molecule has 3 heteroatoms. The van der Waals surface area contributed by atoms with Crippen molar-refractivity contribution < 1.29 is 4.74 Å². The van der Waals surface area contributed by atoms with E-state index in [1.165, 1.54) is 27.8 Å². The summed E-state index contributed by atoms with van der Waals surface area (Å²) in [5, 5.41) is 3.10. The summed E-state index contributed by atoms with van der Waals surface area (Å²) in [5.74, 6) is 0.902. The molecule has 0 bridgehead atoms. The van der Waals surface area contributed by atoms with E-state index < -0.39 is 0 Å². The van der Waals surface area contributed by atoms with E-state index in [0.717, 1.165) is 18.7 Å². The molecule has 0 saturated carbocycles. The van der Waals surface area contributed by atoms with Crippen molar-refractivity contribution in [1.82, 2.24) is 5.32 Å². The molecule has 3 aromatic carbocycles. The molecule has 2 nitrogen and oxygen atoms in total. The Kier molecular flexibility index (Phi) is 10.8. The zero-order valence-electron chi connectivity index (χ0n) is 16.5. The van der Waals surface area contributed by atoms with Gasteiger partial charge in [-0.2, -0.15) is 0 Å². The molecule has 0 aromatic heterocycles. The lowest BCUT2D eigenvalue weighted by Gasteiger charge is -2.17. The van der Waals surface area contributed by atoms with Crippen LogP contribution in [0.15, 0.2) is 84.9 Å². The Morgan fingerprint density at radius 1 is 0.759 bits per heavy atom. The van der Waals surface area contributed by atoms with E-state index in [0.29, 0.717) is 6.61 Å². The summed E-state index contributed by atoms with van der Waals surface area (Å²) in [5.41, 5.74) is 6.36. The summed E-state index contributed by atoms with van der Waals surface area (Å²) < 4.78 is 5.78. The van der Waals surface area contributed by atoms with Crippen molar-refractivity contribution in [1.29, 1.82) is 0 Å². The summed E-state index contributed by atoms with van der Waals surface area (Å²) in [7, 11) is 1.93. The Labute approximate surface area is 182 Å². The highest BCUT2D eigenvalue weighted by Crippen LogP contribution is 2.34. The number of hydrogen-bond acceptors (Lipinski definition) is 2. The standard InChI is InChI=1S/C25H27NO.CH4.ClH/c1-3-24(20-10-6-4-7-11-20)25(21-12-8-5-9-13-21)22-14-16-23(17-15-22)27-19-18-26-2;;/h4-17,26H,3,18-19H2,1-2H3;1H4;1H/b25-24-;;. The van der Waals surface area contributed by atoms with E-state index in [4.69, 9.17) is 4.74 Å². The van der Waals surface area contributed by atoms with Crippen molar-refractivity contribution in [2.75, 3.05) is 20.2 Å². The van der Waals surface area contributed by atoms with Crippen LogP contribution in [0.1, 0.15) is 37.5 Å². The third kappa shape index (κ3) is 6.49. The van der Waals surface area contributed by atoms with Gasteiger partial charge in [-0.1, -0.05) is 87.1 Å². The van der Waals surface area contributed by atoms with Crippen molar-refractivity contribution in [2.24, 2.45) is 0 Å². The molecule has 1 N–H and O–H groups in total. The second-order valence-electron chi connectivity index (χ2n) is 6.42. The Balaban J connectivity index is 0.00000210. The molecule has 3 rings (SSSR count). The summed E-state index contributed by atoms with van der Waals surface area (Å²) in [6.45, 7) is 3.73. The van der Waals surface area contributed by atoms with Gasteiger partial charge in [-0.05, 0) is 53.4 Å². The molecule has 0 spiro atoms. The molecule has 0 heterocycles. The number of benzene rings is 3. The second-order valence-corrected chi connectivity index (χ2v) is 6.42. The monoisotopic (exact) mass is 409 g/mol. The number of nitrogens with one attached hydrogen (secondary N) is 1. The van der Waals surface area contributed by atoms with Gasteiger partial charge in [0, 0.05) is 6.54 Å². The molecule has 0 radical (unpaired) electrons. The summed E-state index contributed by atoms with van der Waals surface area (Å²) in [4.78, 5) is 0. The van der Waals surface area contributed by atoms with Crippen LogP contribution in [-0.4, -0.2) is 20.2 Å². The Hall–Kier alpha value is -2.55.